The van der Waals surface area contributed by atoms with Gasteiger partial charge in [0.15, 0.2) is 17.3 Å². The van der Waals surface area contributed by atoms with E-state index in [4.69, 9.17) is 22.3 Å². The first-order valence-electron chi connectivity index (χ1n) is 6.97. The Morgan fingerprint density at radius 3 is 2.23 bits per heavy atom. The molecule has 128 valence electrons. The van der Waals surface area contributed by atoms with Crippen molar-refractivity contribution in [2.24, 2.45) is 22.2 Å². The summed E-state index contributed by atoms with van der Waals surface area (Å²) in [4.78, 5) is 27.1. The van der Waals surface area contributed by atoms with Crippen LogP contribution in [0.4, 0.5) is 0 Å². The standard InChI is InChI=1S/C13H27N5O4/c1-18(2,3)8-13(22,7-10(19)20)11(21)9(14)5-4-6-17-12(15)16/h9,22H,4-8,14H2,1-3H3,(H4-,15,16,17,19,20)/p+1/t9-,13?/m0/s1. The molecule has 0 amide bonds. The van der Waals surface area contributed by atoms with Crippen LogP contribution in [-0.4, -0.2) is 78.3 Å². The van der Waals surface area contributed by atoms with Gasteiger partial charge in [0.25, 0.3) is 0 Å². The third-order valence-corrected chi connectivity index (χ3v) is 2.94. The number of carbonyl (C=O) groups is 2. The minimum Gasteiger partial charge on any atom is -0.481 e. The lowest BCUT2D eigenvalue weighted by atomic mass is 9.87. The van der Waals surface area contributed by atoms with Gasteiger partial charge >= 0.3 is 5.97 Å². The van der Waals surface area contributed by atoms with E-state index in [0.717, 1.165) is 0 Å². The third-order valence-electron chi connectivity index (χ3n) is 2.94. The summed E-state index contributed by atoms with van der Waals surface area (Å²) in [5, 5.41) is 19.5. The fourth-order valence-corrected chi connectivity index (χ4v) is 2.25. The van der Waals surface area contributed by atoms with Crippen molar-refractivity contribution in [1.29, 1.82) is 0 Å². The van der Waals surface area contributed by atoms with E-state index in [2.05, 4.69) is 4.99 Å². The number of carboxylic acids is 1. The summed E-state index contributed by atoms with van der Waals surface area (Å²) in [5.74, 6) is -1.98. The van der Waals surface area contributed by atoms with Crippen LogP contribution in [-0.2, 0) is 9.59 Å². The van der Waals surface area contributed by atoms with Crippen LogP contribution in [0.3, 0.4) is 0 Å². The first-order valence-corrected chi connectivity index (χ1v) is 6.97. The molecule has 1 unspecified atom stereocenters. The SMILES string of the molecule is C[N+](C)(C)CC(O)(CC(=O)O)C(=O)[C@@H](N)CCCN=C(N)N. The van der Waals surface area contributed by atoms with Gasteiger partial charge in [0.05, 0.1) is 33.6 Å². The van der Waals surface area contributed by atoms with Crippen LogP contribution in [0.1, 0.15) is 19.3 Å². The molecule has 0 aromatic rings. The van der Waals surface area contributed by atoms with Crippen molar-refractivity contribution in [2.75, 3.05) is 34.2 Å². The Kier molecular flexibility index (Phi) is 7.44. The van der Waals surface area contributed by atoms with Crippen LogP contribution in [0.2, 0.25) is 0 Å². The second-order valence-corrected chi connectivity index (χ2v) is 6.47. The van der Waals surface area contributed by atoms with Gasteiger partial charge in [0.2, 0.25) is 0 Å². The molecule has 0 saturated heterocycles. The number of nitrogens with zero attached hydrogens (tertiary/aromatic N) is 2. The van der Waals surface area contributed by atoms with Gasteiger partial charge in [-0.2, -0.15) is 0 Å². The zero-order valence-electron chi connectivity index (χ0n) is 13.5. The molecule has 0 heterocycles. The summed E-state index contributed by atoms with van der Waals surface area (Å²) in [6.07, 6.45) is 0.0377. The number of quaternary nitrogens is 1. The Bertz CT molecular complexity index is 429. The van der Waals surface area contributed by atoms with Crippen molar-refractivity contribution in [3.05, 3.63) is 0 Å². The molecule has 9 heteroatoms. The largest absolute Gasteiger partial charge is 0.481 e. The number of hydrogen-bond acceptors (Lipinski definition) is 5. The predicted molar refractivity (Wildman–Crippen MR) is 83.0 cm³/mol. The maximum atomic E-state index is 12.4. The van der Waals surface area contributed by atoms with Crippen LogP contribution in [0, 0.1) is 0 Å². The van der Waals surface area contributed by atoms with Crippen LogP contribution >= 0.6 is 0 Å². The van der Waals surface area contributed by atoms with Gasteiger partial charge in [0, 0.05) is 6.54 Å². The van der Waals surface area contributed by atoms with Gasteiger partial charge in [-0.3, -0.25) is 14.6 Å². The second-order valence-electron chi connectivity index (χ2n) is 6.47. The predicted octanol–water partition coefficient (Wildman–Crippen LogP) is -2.15. The lowest BCUT2D eigenvalue weighted by Crippen LogP contribution is -2.58. The molecule has 0 saturated carbocycles. The lowest BCUT2D eigenvalue weighted by Gasteiger charge is -2.35. The quantitative estimate of drug-likeness (QED) is 0.132. The molecule has 0 aliphatic heterocycles. The number of aliphatic hydroxyl groups is 1. The van der Waals surface area contributed by atoms with Crippen molar-refractivity contribution in [3.63, 3.8) is 0 Å². The smallest absolute Gasteiger partial charge is 0.306 e. The maximum Gasteiger partial charge on any atom is 0.306 e. The number of aliphatic carboxylic acids is 1. The van der Waals surface area contributed by atoms with Crippen LogP contribution < -0.4 is 17.2 Å². The van der Waals surface area contributed by atoms with Gasteiger partial charge in [-0.25, -0.2) is 0 Å². The summed E-state index contributed by atoms with van der Waals surface area (Å²) in [6.45, 7) is 0.274. The molecular formula is C13H28N5O4+. The highest BCUT2D eigenvalue weighted by atomic mass is 16.4. The first-order chi connectivity index (χ1) is 9.87. The molecule has 0 aliphatic carbocycles. The number of carboxylic acid groups (broad SMARTS) is 1. The molecule has 0 fully saturated rings. The van der Waals surface area contributed by atoms with E-state index >= 15 is 0 Å². The Hall–Kier alpha value is -1.71. The minimum absolute atomic E-state index is 0.0419. The monoisotopic (exact) mass is 318 g/mol. The summed E-state index contributed by atoms with van der Waals surface area (Å²) in [5.41, 5.74) is 14.2. The number of likely N-dealkylation sites (N-methyl/N-ethyl adjacent to an activating group) is 1. The van der Waals surface area contributed by atoms with E-state index in [9.17, 15) is 14.7 Å². The zero-order chi connectivity index (χ0) is 17.6. The van der Waals surface area contributed by atoms with E-state index in [1.54, 1.807) is 21.1 Å². The fourth-order valence-electron chi connectivity index (χ4n) is 2.25. The Balaban J connectivity index is 4.87. The molecule has 2 atom stereocenters. The Morgan fingerprint density at radius 1 is 1.27 bits per heavy atom. The normalized spacial score (nSPS) is 15.7. The van der Waals surface area contributed by atoms with Gasteiger partial charge < -0.3 is 31.9 Å². The molecule has 22 heavy (non-hydrogen) atoms. The van der Waals surface area contributed by atoms with Gasteiger partial charge in [0.1, 0.15) is 6.54 Å². The molecule has 0 bridgehead atoms. The summed E-state index contributed by atoms with van der Waals surface area (Å²) in [7, 11) is 5.26. The number of nitrogens with two attached hydrogens (primary N) is 3. The third kappa shape index (κ3) is 7.91. The number of carbonyl (C=O) groups excluding carboxylic acids is 1. The van der Waals surface area contributed by atoms with Crippen LogP contribution in [0.25, 0.3) is 0 Å². The molecule has 0 aliphatic rings. The van der Waals surface area contributed by atoms with E-state index in [0.29, 0.717) is 13.0 Å². The molecule has 0 radical (unpaired) electrons. The number of Topliss-reactive ketones (excluding diaryl/α,β-unsaturated/α-hetero) is 1. The first kappa shape index (κ1) is 20.3. The fraction of sp³-hybridized carbons (Fsp3) is 0.769. The van der Waals surface area contributed by atoms with Crippen LogP contribution in [0.5, 0.6) is 0 Å². The molecular weight excluding hydrogens is 290 g/mol. The molecule has 0 rings (SSSR count). The number of ketones is 1. The topological polar surface area (TPSA) is 165 Å². The average Bonchev–Trinajstić information content (AvgIpc) is 2.29. The maximum absolute atomic E-state index is 12.4. The lowest BCUT2D eigenvalue weighted by molar-refractivity contribution is -0.875. The number of rotatable bonds is 10. The van der Waals surface area contributed by atoms with Crippen molar-refractivity contribution in [3.8, 4) is 0 Å². The van der Waals surface area contributed by atoms with Crippen LogP contribution in [0.15, 0.2) is 4.99 Å². The van der Waals surface area contributed by atoms with E-state index in [1.165, 1.54) is 0 Å². The van der Waals surface area contributed by atoms with Gasteiger partial charge in [-0.15, -0.1) is 0 Å². The van der Waals surface area contributed by atoms with Gasteiger partial charge in [-0.1, -0.05) is 0 Å². The highest BCUT2D eigenvalue weighted by Crippen LogP contribution is 2.19. The molecule has 8 N–H and O–H groups in total. The van der Waals surface area contributed by atoms with E-state index < -0.39 is 29.8 Å². The summed E-state index contributed by atoms with van der Waals surface area (Å²) >= 11 is 0. The zero-order valence-corrected chi connectivity index (χ0v) is 13.5. The van der Waals surface area contributed by atoms with Crippen molar-refractivity contribution in [2.45, 2.75) is 30.9 Å². The van der Waals surface area contributed by atoms with E-state index in [1.807, 2.05) is 0 Å². The highest BCUT2D eigenvalue weighted by molar-refractivity contribution is 5.94. The van der Waals surface area contributed by atoms with Gasteiger partial charge in [-0.05, 0) is 12.8 Å². The number of aliphatic imine (C=N–C) groups is 1. The average molecular weight is 318 g/mol. The van der Waals surface area contributed by atoms with Crippen molar-refractivity contribution >= 4 is 17.7 Å². The minimum atomic E-state index is -2.00. The summed E-state index contributed by atoms with van der Waals surface area (Å²) < 4.78 is 0.232. The highest BCUT2D eigenvalue weighted by Gasteiger charge is 2.45. The summed E-state index contributed by atoms with van der Waals surface area (Å²) in [6, 6.07) is -0.968. The molecule has 0 aromatic carbocycles. The molecule has 0 spiro atoms. The van der Waals surface area contributed by atoms with Crippen molar-refractivity contribution < 1.29 is 24.3 Å². The van der Waals surface area contributed by atoms with E-state index in [-0.39, 0.29) is 23.4 Å². The Morgan fingerprint density at radius 2 is 1.82 bits per heavy atom. The molecule has 0 aromatic heterocycles. The van der Waals surface area contributed by atoms with Crippen molar-refractivity contribution in [1.82, 2.24) is 0 Å². The second kappa shape index (κ2) is 8.06. The number of guanidine groups is 1. The Labute approximate surface area is 130 Å². The number of hydrogen-bond donors (Lipinski definition) is 5. The molecule has 9 nitrogen and oxygen atoms in total.